The molecule has 1 aromatic heterocycles. The number of rotatable bonds is 8. The van der Waals surface area contributed by atoms with Gasteiger partial charge in [-0.2, -0.15) is 18.3 Å². The van der Waals surface area contributed by atoms with Gasteiger partial charge in [0.15, 0.2) is 6.04 Å². The lowest BCUT2D eigenvalue weighted by atomic mass is 9.96. The number of alkyl halides is 3. The number of aromatic nitrogens is 2. The summed E-state index contributed by atoms with van der Waals surface area (Å²) in [5.41, 5.74) is 0.253. The zero-order chi connectivity index (χ0) is 25.2. The molecule has 1 aromatic carbocycles. The zero-order valence-corrected chi connectivity index (χ0v) is 20.5. The molecule has 2 aromatic rings. The highest BCUT2D eigenvalue weighted by Crippen LogP contribution is 2.44. The van der Waals surface area contributed by atoms with Crippen LogP contribution in [0.4, 0.5) is 19.0 Å². The van der Waals surface area contributed by atoms with E-state index >= 15 is 0 Å². The maximum absolute atomic E-state index is 13.9. The third-order valence-corrected chi connectivity index (χ3v) is 7.03. The molecule has 1 fully saturated rings. The summed E-state index contributed by atoms with van der Waals surface area (Å²) in [5, 5.41) is 13.5. The van der Waals surface area contributed by atoms with E-state index in [1.807, 2.05) is 19.9 Å². The molecule has 0 aliphatic carbocycles. The number of nitrogens with zero attached hydrogens (tertiary/aromatic N) is 3. The molecular formula is C25H35F3N6O. The lowest BCUT2D eigenvalue weighted by Gasteiger charge is -2.34. The Morgan fingerprint density at radius 3 is 2.63 bits per heavy atom. The molecule has 0 radical (unpaired) electrons. The minimum atomic E-state index is -4.49. The van der Waals surface area contributed by atoms with Crippen LogP contribution >= 0.6 is 0 Å². The summed E-state index contributed by atoms with van der Waals surface area (Å²) in [6, 6.07) is 7.17. The van der Waals surface area contributed by atoms with Crippen molar-refractivity contribution in [1.82, 2.24) is 25.3 Å². The van der Waals surface area contributed by atoms with Crippen molar-refractivity contribution in [1.29, 1.82) is 0 Å². The number of fused-ring (bicyclic) bond motifs is 1. The van der Waals surface area contributed by atoms with Gasteiger partial charge in [-0.25, -0.2) is 4.68 Å². The molecule has 0 saturated carbocycles. The van der Waals surface area contributed by atoms with E-state index in [4.69, 9.17) is 0 Å². The van der Waals surface area contributed by atoms with Crippen LogP contribution in [0, 0.1) is 0 Å². The fourth-order valence-corrected chi connectivity index (χ4v) is 5.07. The van der Waals surface area contributed by atoms with E-state index in [0.29, 0.717) is 12.6 Å². The molecule has 3 N–H and O–H groups in total. The zero-order valence-electron chi connectivity index (χ0n) is 20.5. The van der Waals surface area contributed by atoms with Crippen LogP contribution in [0.5, 0.6) is 0 Å². The average molecular weight is 493 g/mol. The number of amides is 1. The Morgan fingerprint density at radius 1 is 1.23 bits per heavy atom. The van der Waals surface area contributed by atoms with Crippen LogP contribution in [0.3, 0.4) is 0 Å². The molecule has 0 spiro atoms. The molecule has 4 rings (SSSR count). The number of carbonyl (C=O) groups is 1. The molecule has 1 amide bonds. The third kappa shape index (κ3) is 5.98. The summed E-state index contributed by atoms with van der Waals surface area (Å²) < 4.78 is 42.6. The second-order valence-electron chi connectivity index (χ2n) is 10.3. The predicted octanol–water partition coefficient (Wildman–Crippen LogP) is 4.13. The van der Waals surface area contributed by atoms with Crippen molar-refractivity contribution in [3.8, 4) is 0 Å². The number of hydrogen-bond acceptors (Lipinski definition) is 5. The first kappa shape index (κ1) is 25.5. The van der Waals surface area contributed by atoms with Gasteiger partial charge in [0.1, 0.15) is 11.4 Å². The normalized spacial score (nSPS) is 23.1. The van der Waals surface area contributed by atoms with E-state index < -0.39 is 29.7 Å². The van der Waals surface area contributed by atoms with E-state index in [0.717, 1.165) is 29.8 Å². The Morgan fingerprint density at radius 2 is 1.97 bits per heavy atom. The predicted molar refractivity (Wildman–Crippen MR) is 129 cm³/mol. The Hall–Kier alpha value is -2.59. The Balaban J connectivity index is 1.43. The van der Waals surface area contributed by atoms with Crippen molar-refractivity contribution < 1.29 is 18.0 Å². The van der Waals surface area contributed by atoms with Gasteiger partial charge in [-0.05, 0) is 58.8 Å². The minimum Gasteiger partial charge on any atom is -0.363 e. The van der Waals surface area contributed by atoms with Crippen molar-refractivity contribution in [2.45, 2.75) is 69.4 Å². The summed E-state index contributed by atoms with van der Waals surface area (Å²) in [5.74, 6) is -0.353. The van der Waals surface area contributed by atoms with Gasteiger partial charge in [0.25, 0.3) is 5.91 Å². The highest BCUT2D eigenvalue weighted by molar-refractivity contribution is 5.99. The molecule has 3 heterocycles. The summed E-state index contributed by atoms with van der Waals surface area (Å²) in [6.45, 7) is 6.31. The van der Waals surface area contributed by atoms with Gasteiger partial charge in [-0.15, -0.1) is 0 Å². The molecule has 0 bridgehead atoms. The fraction of sp³-hybridized carbons (Fsp3) is 0.600. The van der Waals surface area contributed by atoms with Gasteiger partial charge < -0.3 is 20.9 Å². The molecular weight excluding hydrogens is 457 g/mol. The van der Waals surface area contributed by atoms with Crippen LogP contribution in [-0.4, -0.2) is 65.0 Å². The lowest BCUT2D eigenvalue weighted by molar-refractivity contribution is -0.173. The van der Waals surface area contributed by atoms with Crippen LogP contribution in [-0.2, 0) is 0 Å². The van der Waals surface area contributed by atoms with Gasteiger partial charge in [0.2, 0.25) is 0 Å². The number of anilines is 1. The smallest absolute Gasteiger partial charge is 0.363 e. The first-order chi connectivity index (χ1) is 16.5. The number of likely N-dealkylation sites (tertiary alicyclic amines) is 1. The van der Waals surface area contributed by atoms with E-state index in [2.05, 4.69) is 33.0 Å². The Labute approximate surface area is 204 Å². The van der Waals surface area contributed by atoms with Crippen LogP contribution in [0.15, 0.2) is 36.5 Å². The molecule has 35 heavy (non-hydrogen) atoms. The van der Waals surface area contributed by atoms with E-state index in [-0.39, 0.29) is 17.8 Å². The molecule has 1 saturated heterocycles. The van der Waals surface area contributed by atoms with Crippen molar-refractivity contribution in [3.63, 3.8) is 0 Å². The second kappa shape index (κ2) is 10.2. The topological polar surface area (TPSA) is 74.2 Å². The quantitative estimate of drug-likeness (QED) is 0.484. The van der Waals surface area contributed by atoms with Crippen LogP contribution in [0.2, 0.25) is 0 Å². The summed E-state index contributed by atoms with van der Waals surface area (Å²) in [6.07, 6.45) is 0.0213. The number of benzene rings is 1. The number of carbonyl (C=O) groups excluding carboxylic acids is 1. The molecule has 10 heteroatoms. The summed E-state index contributed by atoms with van der Waals surface area (Å²) in [7, 11) is 2.15. The fourth-order valence-electron chi connectivity index (χ4n) is 5.07. The van der Waals surface area contributed by atoms with Crippen molar-refractivity contribution in [2.75, 3.05) is 32.0 Å². The van der Waals surface area contributed by atoms with Crippen molar-refractivity contribution >= 4 is 11.7 Å². The number of hydrogen-bond donors (Lipinski definition) is 3. The lowest BCUT2D eigenvalue weighted by Crippen LogP contribution is -2.50. The molecule has 3 atom stereocenters. The van der Waals surface area contributed by atoms with Crippen LogP contribution < -0.4 is 16.0 Å². The molecule has 192 valence electrons. The van der Waals surface area contributed by atoms with E-state index in [1.54, 1.807) is 24.3 Å². The van der Waals surface area contributed by atoms with E-state index in [9.17, 15) is 18.0 Å². The van der Waals surface area contributed by atoms with Gasteiger partial charge in [-0.1, -0.05) is 30.3 Å². The molecule has 2 unspecified atom stereocenters. The van der Waals surface area contributed by atoms with Crippen LogP contribution in [0.25, 0.3) is 0 Å². The maximum Gasteiger partial charge on any atom is 0.410 e. The monoisotopic (exact) mass is 492 g/mol. The van der Waals surface area contributed by atoms with Crippen LogP contribution in [0.1, 0.15) is 67.5 Å². The highest BCUT2D eigenvalue weighted by Gasteiger charge is 2.47. The van der Waals surface area contributed by atoms with Gasteiger partial charge in [-0.3, -0.25) is 4.79 Å². The van der Waals surface area contributed by atoms with Crippen molar-refractivity contribution in [2.24, 2.45) is 0 Å². The standard InChI is InChI=1S/C25H35F3N6O/c1-24(2,16-29-12-11-18-10-7-13-33(18)3)32-23(35)19-15-30-34-21(25(26,27)28)14-20(31-22(19)34)17-8-5-4-6-9-17/h4-6,8-9,15,18,20-21,29,31H,7,10-14,16H2,1-3H3,(H,32,35)/t18?,20?,21-/m0/s1. The Bertz CT molecular complexity index is 1010. The summed E-state index contributed by atoms with van der Waals surface area (Å²) >= 11 is 0. The number of halogens is 3. The van der Waals surface area contributed by atoms with Crippen molar-refractivity contribution in [3.05, 3.63) is 47.7 Å². The van der Waals surface area contributed by atoms with Gasteiger partial charge in [0, 0.05) is 24.5 Å². The Kier molecular flexibility index (Phi) is 7.42. The van der Waals surface area contributed by atoms with Gasteiger partial charge in [0.05, 0.1) is 12.2 Å². The van der Waals surface area contributed by atoms with E-state index in [1.165, 1.54) is 19.0 Å². The summed E-state index contributed by atoms with van der Waals surface area (Å²) in [4.78, 5) is 15.5. The first-order valence-electron chi connectivity index (χ1n) is 12.2. The first-order valence-corrected chi connectivity index (χ1v) is 12.2. The SMILES string of the molecule is CN1CCCC1CCNCC(C)(C)NC(=O)c1cnn2c1NC(c1ccccc1)C[C@H]2C(F)(F)F. The average Bonchev–Trinajstić information content (AvgIpc) is 3.41. The third-order valence-electron chi connectivity index (χ3n) is 7.03. The van der Waals surface area contributed by atoms with Gasteiger partial charge >= 0.3 is 6.18 Å². The largest absolute Gasteiger partial charge is 0.410 e. The highest BCUT2D eigenvalue weighted by atomic mass is 19.4. The molecule has 2 aliphatic heterocycles. The molecule has 7 nitrogen and oxygen atoms in total. The molecule has 2 aliphatic rings. The number of nitrogens with one attached hydrogen (secondary N) is 3. The maximum atomic E-state index is 13.9. The second-order valence-corrected chi connectivity index (χ2v) is 10.3. The minimum absolute atomic E-state index is 0.0953.